The van der Waals surface area contributed by atoms with Crippen molar-refractivity contribution in [2.45, 2.75) is 31.9 Å². The lowest BCUT2D eigenvalue weighted by Crippen LogP contribution is -2.07. The van der Waals surface area contributed by atoms with E-state index >= 15 is 0 Å². The highest BCUT2D eigenvalue weighted by Gasteiger charge is 2.22. The maximum Gasteiger partial charge on any atom is 0.129 e. The molecule has 2 aromatic rings. The van der Waals surface area contributed by atoms with Crippen molar-refractivity contribution in [2.24, 2.45) is 0 Å². The van der Waals surface area contributed by atoms with Gasteiger partial charge in [0.2, 0.25) is 0 Å². The highest BCUT2D eigenvalue weighted by molar-refractivity contribution is 5.47. The average molecular weight is 254 g/mol. The van der Waals surface area contributed by atoms with Crippen molar-refractivity contribution in [1.82, 2.24) is 4.98 Å². The number of hydrogen-bond donors (Lipinski definition) is 2. The van der Waals surface area contributed by atoms with E-state index in [1.54, 1.807) is 6.20 Å². The van der Waals surface area contributed by atoms with E-state index in [0.717, 1.165) is 22.5 Å². The molecule has 1 atom stereocenters. The third-order valence-corrected chi connectivity index (χ3v) is 3.45. The lowest BCUT2D eigenvalue weighted by Gasteiger charge is -2.14. The maximum absolute atomic E-state index is 10.3. The summed E-state index contributed by atoms with van der Waals surface area (Å²) in [5.74, 6) is 0.937. The van der Waals surface area contributed by atoms with Crippen LogP contribution in [0.15, 0.2) is 42.6 Å². The van der Waals surface area contributed by atoms with E-state index in [1.807, 2.05) is 43.3 Å². The van der Waals surface area contributed by atoms with E-state index in [0.29, 0.717) is 6.04 Å². The van der Waals surface area contributed by atoms with Crippen molar-refractivity contribution in [3.05, 3.63) is 59.3 Å². The topological polar surface area (TPSA) is 45.2 Å². The van der Waals surface area contributed by atoms with Crippen molar-refractivity contribution < 1.29 is 5.11 Å². The first kappa shape index (κ1) is 12.2. The molecule has 0 amide bonds. The monoisotopic (exact) mass is 254 g/mol. The molecule has 0 radical (unpaired) electrons. The van der Waals surface area contributed by atoms with E-state index in [9.17, 15) is 5.11 Å². The van der Waals surface area contributed by atoms with Gasteiger partial charge >= 0.3 is 0 Å². The first-order valence-electron chi connectivity index (χ1n) is 6.70. The van der Waals surface area contributed by atoms with Gasteiger partial charge in [-0.1, -0.05) is 30.3 Å². The van der Waals surface area contributed by atoms with Gasteiger partial charge in [0.15, 0.2) is 0 Å². The second-order valence-electron chi connectivity index (χ2n) is 5.17. The Balaban J connectivity index is 1.82. The van der Waals surface area contributed by atoms with Crippen LogP contribution in [0.1, 0.15) is 35.6 Å². The third-order valence-electron chi connectivity index (χ3n) is 3.45. The van der Waals surface area contributed by atoms with Crippen LogP contribution in [0, 0.1) is 6.92 Å². The standard InChI is InChI=1S/C16H18N2O/c1-11-9-13(10-17-16(11)18-14-7-8-14)15(19)12-5-3-2-4-6-12/h2-6,9-10,14-15,19H,7-8H2,1H3,(H,17,18)/t15-/m0/s1. The second-order valence-corrected chi connectivity index (χ2v) is 5.17. The Hall–Kier alpha value is -1.87. The van der Waals surface area contributed by atoms with Crippen LogP contribution in [0.25, 0.3) is 0 Å². The predicted octanol–water partition coefficient (Wildman–Crippen LogP) is 3.05. The number of rotatable bonds is 4. The van der Waals surface area contributed by atoms with E-state index in [1.165, 1.54) is 12.8 Å². The first-order chi connectivity index (χ1) is 9.24. The summed E-state index contributed by atoms with van der Waals surface area (Å²) in [6, 6.07) is 12.3. The zero-order valence-corrected chi connectivity index (χ0v) is 11.0. The van der Waals surface area contributed by atoms with E-state index < -0.39 is 6.10 Å². The lowest BCUT2D eigenvalue weighted by molar-refractivity contribution is 0.220. The van der Waals surface area contributed by atoms with Gasteiger partial charge in [-0.15, -0.1) is 0 Å². The average Bonchev–Trinajstić information content (AvgIpc) is 3.25. The molecule has 1 aromatic carbocycles. The second kappa shape index (κ2) is 5.02. The molecule has 3 rings (SSSR count). The Kier molecular flexibility index (Phi) is 3.22. The van der Waals surface area contributed by atoms with Crippen molar-refractivity contribution in [3.63, 3.8) is 0 Å². The number of nitrogens with zero attached hydrogens (tertiary/aromatic N) is 1. The molecule has 2 N–H and O–H groups in total. The van der Waals surface area contributed by atoms with Crippen molar-refractivity contribution >= 4 is 5.82 Å². The Morgan fingerprint density at radius 2 is 1.95 bits per heavy atom. The van der Waals surface area contributed by atoms with Crippen LogP contribution in [0.5, 0.6) is 0 Å². The molecule has 1 aromatic heterocycles. The van der Waals surface area contributed by atoms with Gasteiger partial charge in [-0.2, -0.15) is 0 Å². The van der Waals surface area contributed by atoms with Crippen LogP contribution in [-0.2, 0) is 0 Å². The number of aliphatic hydroxyl groups excluding tert-OH is 1. The van der Waals surface area contributed by atoms with Crippen molar-refractivity contribution in [1.29, 1.82) is 0 Å². The maximum atomic E-state index is 10.3. The number of benzene rings is 1. The summed E-state index contributed by atoms with van der Waals surface area (Å²) in [7, 11) is 0. The summed E-state index contributed by atoms with van der Waals surface area (Å²) < 4.78 is 0. The Labute approximate surface area is 113 Å². The van der Waals surface area contributed by atoms with Crippen molar-refractivity contribution in [2.75, 3.05) is 5.32 Å². The normalized spacial score (nSPS) is 16.1. The molecule has 0 spiro atoms. The number of aromatic nitrogens is 1. The summed E-state index contributed by atoms with van der Waals surface area (Å²) in [6.45, 7) is 2.03. The number of hydrogen-bond acceptors (Lipinski definition) is 3. The van der Waals surface area contributed by atoms with Crippen LogP contribution in [0.3, 0.4) is 0 Å². The van der Waals surface area contributed by atoms with Crippen LogP contribution in [0.2, 0.25) is 0 Å². The van der Waals surface area contributed by atoms with Crippen LogP contribution in [0.4, 0.5) is 5.82 Å². The first-order valence-corrected chi connectivity index (χ1v) is 6.70. The zero-order valence-electron chi connectivity index (χ0n) is 11.0. The fraction of sp³-hybridized carbons (Fsp3) is 0.312. The summed E-state index contributed by atoms with van der Waals surface area (Å²) in [4.78, 5) is 4.43. The van der Waals surface area contributed by atoms with Crippen molar-refractivity contribution in [3.8, 4) is 0 Å². The smallest absolute Gasteiger partial charge is 0.129 e. The number of nitrogens with one attached hydrogen (secondary N) is 1. The molecule has 0 saturated heterocycles. The molecular formula is C16H18N2O. The van der Waals surface area contributed by atoms with Crippen LogP contribution >= 0.6 is 0 Å². The summed E-state index contributed by atoms with van der Waals surface area (Å²) in [6.07, 6.45) is 3.61. The Morgan fingerprint density at radius 1 is 1.21 bits per heavy atom. The van der Waals surface area contributed by atoms with Crippen LogP contribution < -0.4 is 5.32 Å². The Morgan fingerprint density at radius 3 is 2.58 bits per heavy atom. The number of pyridine rings is 1. The lowest BCUT2D eigenvalue weighted by atomic mass is 10.0. The van der Waals surface area contributed by atoms with Gasteiger partial charge in [0, 0.05) is 17.8 Å². The molecule has 98 valence electrons. The molecule has 19 heavy (non-hydrogen) atoms. The van der Waals surface area contributed by atoms with E-state index in [2.05, 4.69) is 10.3 Å². The summed E-state index contributed by atoms with van der Waals surface area (Å²) in [5, 5.41) is 13.7. The van der Waals surface area contributed by atoms with Gasteiger partial charge in [0.25, 0.3) is 0 Å². The molecule has 1 saturated carbocycles. The SMILES string of the molecule is Cc1cc([C@@H](O)c2ccccc2)cnc1NC1CC1. The zero-order chi connectivity index (χ0) is 13.2. The van der Waals surface area contributed by atoms with Gasteiger partial charge < -0.3 is 10.4 Å². The summed E-state index contributed by atoms with van der Waals surface area (Å²) >= 11 is 0. The third kappa shape index (κ3) is 2.76. The van der Waals surface area contributed by atoms with Gasteiger partial charge in [-0.3, -0.25) is 0 Å². The predicted molar refractivity (Wildman–Crippen MR) is 76.1 cm³/mol. The Bertz CT molecular complexity index is 564. The van der Waals surface area contributed by atoms with Gasteiger partial charge in [0.05, 0.1) is 0 Å². The molecule has 1 heterocycles. The fourth-order valence-electron chi connectivity index (χ4n) is 2.15. The number of aliphatic hydroxyl groups is 1. The minimum absolute atomic E-state index is 0.594. The highest BCUT2D eigenvalue weighted by atomic mass is 16.3. The largest absolute Gasteiger partial charge is 0.384 e. The number of aryl methyl sites for hydroxylation is 1. The molecule has 1 aliphatic carbocycles. The fourth-order valence-corrected chi connectivity index (χ4v) is 2.15. The minimum Gasteiger partial charge on any atom is -0.384 e. The molecule has 3 heteroatoms. The molecule has 0 aliphatic heterocycles. The molecule has 0 unspecified atom stereocenters. The summed E-state index contributed by atoms with van der Waals surface area (Å²) in [5.41, 5.74) is 2.82. The van der Waals surface area contributed by atoms with Gasteiger partial charge in [-0.05, 0) is 37.0 Å². The highest BCUT2D eigenvalue weighted by Crippen LogP contribution is 2.27. The van der Waals surface area contributed by atoms with Gasteiger partial charge in [0.1, 0.15) is 11.9 Å². The van der Waals surface area contributed by atoms with E-state index in [-0.39, 0.29) is 0 Å². The van der Waals surface area contributed by atoms with Gasteiger partial charge in [-0.25, -0.2) is 4.98 Å². The quantitative estimate of drug-likeness (QED) is 0.881. The number of anilines is 1. The van der Waals surface area contributed by atoms with E-state index in [4.69, 9.17) is 0 Å². The minimum atomic E-state index is -0.609. The molecule has 1 fully saturated rings. The molecular weight excluding hydrogens is 236 g/mol. The molecule has 1 aliphatic rings. The molecule has 3 nitrogen and oxygen atoms in total. The molecule has 0 bridgehead atoms. The van der Waals surface area contributed by atoms with Crippen LogP contribution in [-0.4, -0.2) is 16.1 Å².